The summed E-state index contributed by atoms with van der Waals surface area (Å²) in [6.45, 7) is 6.14. The largest absolute Gasteiger partial charge is 0.368 e. The van der Waals surface area contributed by atoms with Gasteiger partial charge in [-0.2, -0.15) is 0 Å². The first-order chi connectivity index (χ1) is 11.0. The number of amides is 2. The van der Waals surface area contributed by atoms with E-state index in [4.69, 9.17) is 0 Å². The van der Waals surface area contributed by atoms with Gasteiger partial charge in [0.1, 0.15) is 0 Å². The lowest BCUT2D eigenvalue weighted by Gasteiger charge is -2.36. The summed E-state index contributed by atoms with van der Waals surface area (Å²) < 4.78 is 0. The molecule has 0 bridgehead atoms. The van der Waals surface area contributed by atoms with Gasteiger partial charge in [0.25, 0.3) is 0 Å². The third kappa shape index (κ3) is 4.55. The summed E-state index contributed by atoms with van der Waals surface area (Å²) in [5, 5.41) is 2.61. The summed E-state index contributed by atoms with van der Waals surface area (Å²) in [5.74, 6) is -0.0954. The number of nitrogens with zero attached hydrogens (tertiary/aromatic N) is 2. The molecule has 0 unspecified atom stereocenters. The number of ketones is 1. The van der Waals surface area contributed by atoms with E-state index in [0.29, 0.717) is 25.1 Å². The summed E-state index contributed by atoms with van der Waals surface area (Å²) in [4.78, 5) is 38.5. The molecule has 6 heteroatoms. The van der Waals surface area contributed by atoms with E-state index in [0.717, 1.165) is 18.8 Å². The van der Waals surface area contributed by atoms with Crippen LogP contribution in [0.1, 0.15) is 30.6 Å². The van der Waals surface area contributed by atoms with Crippen LogP contribution in [0, 0.1) is 0 Å². The van der Waals surface area contributed by atoms with Gasteiger partial charge < -0.3 is 15.1 Å². The van der Waals surface area contributed by atoms with Gasteiger partial charge in [-0.25, -0.2) is 0 Å². The molecule has 1 heterocycles. The van der Waals surface area contributed by atoms with Gasteiger partial charge in [0, 0.05) is 43.9 Å². The topological polar surface area (TPSA) is 69.7 Å². The van der Waals surface area contributed by atoms with Crippen LogP contribution in [0.2, 0.25) is 0 Å². The number of anilines is 1. The standard InChI is InChI=1S/C17H23N3O3/c1-3-16(22)18-12-17(23)20-10-8-19(9-11-20)15-6-4-14(5-7-15)13(2)21/h4-7H,3,8-12H2,1-2H3,(H,18,22). The number of carbonyl (C=O) groups excluding carboxylic acids is 3. The highest BCUT2D eigenvalue weighted by molar-refractivity contribution is 5.94. The molecule has 0 aromatic heterocycles. The molecule has 23 heavy (non-hydrogen) atoms. The van der Waals surface area contributed by atoms with Crippen molar-refractivity contribution in [1.29, 1.82) is 0 Å². The van der Waals surface area contributed by atoms with Crippen molar-refractivity contribution < 1.29 is 14.4 Å². The van der Waals surface area contributed by atoms with E-state index in [1.807, 2.05) is 24.3 Å². The first kappa shape index (κ1) is 17.0. The molecule has 1 aliphatic rings. The van der Waals surface area contributed by atoms with Crippen molar-refractivity contribution in [3.05, 3.63) is 29.8 Å². The fourth-order valence-corrected chi connectivity index (χ4v) is 2.53. The molecule has 6 nitrogen and oxygen atoms in total. The van der Waals surface area contributed by atoms with Gasteiger partial charge in [0.2, 0.25) is 11.8 Å². The van der Waals surface area contributed by atoms with Gasteiger partial charge in [-0.05, 0) is 31.2 Å². The smallest absolute Gasteiger partial charge is 0.242 e. The summed E-state index contributed by atoms with van der Waals surface area (Å²) >= 11 is 0. The molecular weight excluding hydrogens is 294 g/mol. The van der Waals surface area contributed by atoms with E-state index in [1.165, 1.54) is 0 Å². The normalized spacial score (nSPS) is 14.5. The quantitative estimate of drug-likeness (QED) is 0.825. The van der Waals surface area contributed by atoms with E-state index in [-0.39, 0.29) is 24.1 Å². The Bertz CT molecular complexity index is 575. The number of Topliss-reactive ketones (excluding diaryl/α,β-unsaturated/α-hetero) is 1. The zero-order chi connectivity index (χ0) is 16.8. The van der Waals surface area contributed by atoms with Crippen LogP contribution in [0.15, 0.2) is 24.3 Å². The highest BCUT2D eigenvalue weighted by atomic mass is 16.2. The molecule has 1 fully saturated rings. The molecule has 1 aromatic carbocycles. The second-order valence-corrected chi connectivity index (χ2v) is 5.60. The minimum atomic E-state index is -0.109. The number of benzene rings is 1. The molecule has 2 rings (SSSR count). The second kappa shape index (κ2) is 7.76. The van der Waals surface area contributed by atoms with Gasteiger partial charge in [-0.15, -0.1) is 0 Å². The summed E-state index contributed by atoms with van der Waals surface area (Å²) in [7, 11) is 0. The average molecular weight is 317 g/mol. The monoisotopic (exact) mass is 317 g/mol. The van der Waals surface area contributed by atoms with Crippen LogP contribution in [-0.4, -0.2) is 55.2 Å². The van der Waals surface area contributed by atoms with Gasteiger partial charge in [0.15, 0.2) is 5.78 Å². The summed E-state index contributed by atoms with van der Waals surface area (Å²) in [5.41, 5.74) is 1.76. The van der Waals surface area contributed by atoms with E-state index in [1.54, 1.807) is 18.7 Å². The zero-order valence-electron chi connectivity index (χ0n) is 13.7. The van der Waals surface area contributed by atoms with E-state index in [9.17, 15) is 14.4 Å². The lowest BCUT2D eigenvalue weighted by molar-refractivity contribution is -0.133. The Hall–Kier alpha value is -2.37. The highest BCUT2D eigenvalue weighted by Crippen LogP contribution is 2.17. The predicted molar refractivity (Wildman–Crippen MR) is 88.5 cm³/mol. The Kier molecular flexibility index (Phi) is 5.73. The molecule has 0 aliphatic carbocycles. The second-order valence-electron chi connectivity index (χ2n) is 5.60. The van der Waals surface area contributed by atoms with Gasteiger partial charge >= 0.3 is 0 Å². The van der Waals surface area contributed by atoms with Crippen LogP contribution in [0.4, 0.5) is 5.69 Å². The Morgan fingerprint density at radius 3 is 2.17 bits per heavy atom. The number of piperazine rings is 1. The first-order valence-corrected chi connectivity index (χ1v) is 7.91. The number of hydrogen-bond donors (Lipinski definition) is 1. The SMILES string of the molecule is CCC(=O)NCC(=O)N1CCN(c2ccc(C(C)=O)cc2)CC1. The number of rotatable bonds is 5. The van der Waals surface area contributed by atoms with Crippen LogP contribution >= 0.6 is 0 Å². The van der Waals surface area contributed by atoms with Gasteiger partial charge in [-0.3, -0.25) is 14.4 Å². The number of hydrogen-bond acceptors (Lipinski definition) is 4. The maximum absolute atomic E-state index is 12.0. The summed E-state index contributed by atoms with van der Waals surface area (Å²) in [6, 6.07) is 7.54. The lowest BCUT2D eigenvalue weighted by atomic mass is 10.1. The van der Waals surface area contributed by atoms with Gasteiger partial charge in [-0.1, -0.05) is 6.92 Å². The lowest BCUT2D eigenvalue weighted by Crippen LogP contribution is -2.51. The molecule has 1 N–H and O–H groups in total. The Balaban J connectivity index is 1.84. The van der Waals surface area contributed by atoms with Crippen molar-refractivity contribution in [3.63, 3.8) is 0 Å². The molecular formula is C17H23N3O3. The maximum Gasteiger partial charge on any atom is 0.242 e. The fourth-order valence-electron chi connectivity index (χ4n) is 2.53. The van der Waals surface area contributed by atoms with Crippen LogP contribution in [0.25, 0.3) is 0 Å². The molecule has 0 atom stereocenters. The molecule has 2 amide bonds. The van der Waals surface area contributed by atoms with Crippen molar-refractivity contribution >= 4 is 23.3 Å². The fraction of sp³-hybridized carbons (Fsp3) is 0.471. The minimum Gasteiger partial charge on any atom is -0.368 e. The predicted octanol–water partition coefficient (Wildman–Crippen LogP) is 1.06. The van der Waals surface area contributed by atoms with Crippen LogP contribution in [0.3, 0.4) is 0 Å². The maximum atomic E-state index is 12.0. The van der Waals surface area contributed by atoms with Crippen LogP contribution in [-0.2, 0) is 9.59 Å². The van der Waals surface area contributed by atoms with Crippen molar-refractivity contribution in [2.75, 3.05) is 37.6 Å². The first-order valence-electron chi connectivity index (χ1n) is 7.91. The molecule has 0 spiro atoms. The highest BCUT2D eigenvalue weighted by Gasteiger charge is 2.21. The molecule has 0 radical (unpaired) electrons. The number of nitrogens with one attached hydrogen (secondary N) is 1. The number of carbonyl (C=O) groups is 3. The average Bonchev–Trinajstić information content (AvgIpc) is 2.59. The Morgan fingerprint density at radius 2 is 1.65 bits per heavy atom. The third-order valence-corrected chi connectivity index (χ3v) is 4.03. The van der Waals surface area contributed by atoms with Crippen molar-refractivity contribution in [2.45, 2.75) is 20.3 Å². The van der Waals surface area contributed by atoms with Crippen molar-refractivity contribution in [3.8, 4) is 0 Å². The molecule has 1 aliphatic heterocycles. The molecule has 124 valence electrons. The minimum absolute atomic E-state index is 0.0432. The molecule has 0 saturated carbocycles. The molecule has 1 saturated heterocycles. The van der Waals surface area contributed by atoms with E-state index >= 15 is 0 Å². The Labute approximate surface area is 136 Å². The van der Waals surface area contributed by atoms with Crippen LogP contribution < -0.4 is 10.2 Å². The zero-order valence-corrected chi connectivity index (χ0v) is 13.7. The van der Waals surface area contributed by atoms with Crippen LogP contribution in [0.5, 0.6) is 0 Å². The van der Waals surface area contributed by atoms with Crippen molar-refractivity contribution in [1.82, 2.24) is 10.2 Å². The van der Waals surface area contributed by atoms with Gasteiger partial charge in [0.05, 0.1) is 6.54 Å². The Morgan fingerprint density at radius 1 is 1.04 bits per heavy atom. The summed E-state index contributed by atoms with van der Waals surface area (Å²) in [6.07, 6.45) is 0.386. The van der Waals surface area contributed by atoms with Crippen molar-refractivity contribution in [2.24, 2.45) is 0 Å². The van der Waals surface area contributed by atoms with E-state index in [2.05, 4.69) is 10.2 Å². The molecule has 1 aromatic rings. The third-order valence-electron chi connectivity index (χ3n) is 4.03. The van der Waals surface area contributed by atoms with E-state index < -0.39 is 0 Å².